The minimum Gasteiger partial charge on any atom is -0.333 e. The largest absolute Gasteiger partial charge is 0.333 e. The van der Waals surface area contributed by atoms with E-state index in [4.69, 9.17) is 23.2 Å². The molecule has 3 rings (SSSR count). The summed E-state index contributed by atoms with van der Waals surface area (Å²) in [5, 5.41) is 4.01. The molecule has 2 saturated heterocycles. The molecule has 2 heterocycles. The van der Waals surface area contributed by atoms with Gasteiger partial charge in [0.15, 0.2) is 0 Å². The van der Waals surface area contributed by atoms with Crippen LogP contribution in [0.3, 0.4) is 0 Å². The van der Waals surface area contributed by atoms with Crippen LogP contribution in [0.1, 0.15) is 31.7 Å². The van der Waals surface area contributed by atoms with Crippen LogP contribution in [0.25, 0.3) is 0 Å². The van der Waals surface area contributed by atoms with Crippen molar-refractivity contribution in [1.82, 2.24) is 20.0 Å². The second-order valence-electron chi connectivity index (χ2n) is 8.43. The number of thioether (sulfide) groups is 1. The van der Waals surface area contributed by atoms with Crippen LogP contribution in [0.5, 0.6) is 0 Å². The van der Waals surface area contributed by atoms with E-state index in [1.807, 2.05) is 42.7 Å². The van der Waals surface area contributed by atoms with Gasteiger partial charge in [-0.1, -0.05) is 29.3 Å². The molecule has 2 aliphatic rings. The minimum absolute atomic E-state index is 0.0112. The average Bonchev–Trinajstić information content (AvgIpc) is 3.02. The van der Waals surface area contributed by atoms with E-state index in [0.29, 0.717) is 35.4 Å². The Bertz CT molecular complexity index is 763. The molecule has 1 atom stereocenters. The third-order valence-electron chi connectivity index (χ3n) is 5.00. The van der Waals surface area contributed by atoms with E-state index < -0.39 is 0 Å². The van der Waals surface area contributed by atoms with Gasteiger partial charge in [0.25, 0.3) is 0 Å². The summed E-state index contributed by atoms with van der Waals surface area (Å²) >= 11 is 13.8. The SMILES string of the molecule is CC(C)(C)NC(=O)N1CCN(CCN2C(=O)CSC2c2ccc(Cl)c(Cl)c2)CC1. The van der Waals surface area contributed by atoms with Crippen molar-refractivity contribution >= 4 is 46.9 Å². The fourth-order valence-electron chi connectivity index (χ4n) is 3.46. The van der Waals surface area contributed by atoms with Gasteiger partial charge in [-0.05, 0) is 38.5 Å². The van der Waals surface area contributed by atoms with Crippen LogP contribution in [0.2, 0.25) is 10.0 Å². The Labute approximate surface area is 186 Å². The number of piperazine rings is 1. The van der Waals surface area contributed by atoms with Crippen LogP contribution < -0.4 is 5.32 Å². The molecule has 3 amide bonds. The second kappa shape index (κ2) is 9.33. The van der Waals surface area contributed by atoms with Crippen LogP contribution in [0.4, 0.5) is 4.79 Å². The number of nitrogens with one attached hydrogen (secondary N) is 1. The average molecular weight is 459 g/mol. The number of halogens is 2. The van der Waals surface area contributed by atoms with E-state index in [0.717, 1.165) is 25.2 Å². The quantitative estimate of drug-likeness (QED) is 0.746. The predicted molar refractivity (Wildman–Crippen MR) is 120 cm³/mol. The number of hydrogen-bond acceptors (Lipinski definition) is 4. The molecule has 2 fully saturated rings. The Hall–Kier alpha value is -1.15. The van der Waals surface area contributed by atoms with Gasteiger partial charge in [0.2, 0.25) is 5.91 Å². The van der Waals surface area contributed by atoms with Crippen LogP contribution in [0.15, 0.2) is 18.2 Å². The fourth-order valence-corrected chi connectivity index (χ4v) is 4.98. The highest BCUT2D eigenvalue weighted by atomic mass is 35.5. The van der Waals surface area contributed by atoms with Gasteiger partial charge in [0.1, 0.15) is 5.37 Å². The van der Waals surface area contributed by atoms with Crippen molar-refractivity contribution in [2.45, 2.75) is 31.7 Å². The molecule has 1 N–H and O–H groups in total. The van der Waals surface area contributed by atoms with Crippen molar-refractivity contribution < 1.29 is 9.59 Å². The lowest BCUT2D eigenvalue weighted by Crippen LogP contribution is -2.55. The van der Waals surface area contributed by atoms with Crippen molar-refractivity contribution in [2.24, 2.45) is 0 Å². The number of nitrogens with zero attached hydrogens (tertiary/aromatic N) is 3. The standard InChI is InChI=1S/C20H28Cl2N4O2S/c1-20(2,3)23-19(28)25-9-6-24(7-10-25)8-11-26-17(27)13-29-18(26)14-4-5-15(21)16(22)12-14/h4-5,12,18H,6-11,13H2,1-3H3,(H,23,28). The van der Waals surface area contributed by atoms with Gasteiger partial charge in [-0.2, -0.15) is 0 Å². The summed E-state index contributed by atoms with van der Waals surface area (Å²) in [5.74, 6) is 0.625. The Morgan fingerprint density at radius 1 is 1.14 bits per heavy atom. The molecule has 2 aliphatic heterocycles. The molecule has 6 nitrogen and oxygen atoms in total. The Balaban J connectivity index is 1.52. The number of rotatable bonds is 4. The van der Waals surface area contributed by atoms with Crippen LogP contribution in [0, 0.1) is 0 Å². The van der Waals surface area contributed by atoms with Gasteiger partial charge in [0.05, 0.1) is 15.8 Å². The number of hydrogen-bond donors (Lipinski definition) is 1. The molecule has 0 radical (unpaired) electrons. The van der Waals surface area contributed by atoms with Crippen LogP contribution >= 0.6 is 35.0 Å². The maximum atomic E-state index is 12.4. The highest BCUT2D eigenvalue weighted by molar-refractivity contribution is 8.00. The summed E-state index contributed by atoms with van der Waals surface area (Å²) in [7, 11) is 0. The lowest BCUT2D eigenvalue weighted by Gasteiger charge is -2.37. The van der Waals surface area contributed by atoms with E-state index in [-0.39, 0.29) is 22.9 Å². The fraction of sp³-hybridized carbons (Fsp3) is 0.600. The maximum absolute atomic E-state index is 12.4. The lowest BCUT2D eigenvalue weighted by atomic mass is 10.1. The zero-order valence-corrected chi connectivity index (χ0v) is 19.4. The number of urea groups is 1. The van der Waals surface area contributed by atoms with Gasteiger partial charge < -0.3 is 15.1 Å². The summed E-state index contributed by atoms with van der Waals surface area (Å²) in [6.07, 6.45) is 0. The van der Waals surface area contributed by atoms with Crippen molar-refractivity contribution in [3.05, 3.63) is 33.8 Å². The van der Waals surface area contributed by atoms with Crippen molar-refractivity contribution in [3.63, 3.8) is 0 Å². The first-order valence-electron chi connectivity index (χ1n) is 9.79. The zero-order chi connectivity index (χ0) is 21.2. The molecule has 160 valence electrons. The normalized spacial score (nSPS) is 21.0. The first kappa shape index (κ1) is 22.5. The number of carbonyl (C=O) groups is 2. The van der Waals surface area contributed by atoms with Crippen molar-refractivity contribution in [1.29, 1.82) is 0 Å². The van der Waals surface area contributed by atoms with Crippen molar-refractivity contribution in [2.75, 3.05) is 45.0 Å². The first-order chi connectivity index (χ1) is 13.6. The second-order valence-corrected chi connectivity index (χ2v) is 10.3. The summed E-state index contributed by atoms with van der Waals surface area (Å²) in [5.41, 5.74) is 0.764. The smallest absolute Gasteiger partial charge is 0.317 e. The third kappa shape index (κ3) is 5.94. The molecular weight excluding hydrogens is 431 g/mol. The highest BCUT2D eigenvalue weighted by Crippen LogP contribution is 2.40. The Kier molecular flexibility index (Phi) is 7.25. The summed E-state index contributed by atoms with van der Waals surface area (Å²) < 4.78 is 0. The van der Waals surface area contributed by atoms with E-state index in [2.05, 4.69) is 10.2 Å². The molecule has 0 bridgehead atoms. The van der Waals surface area contributed by atoms with E-state index in [1.54, 1.807) is 17.8 Å². The maximum Gasteiger partial charge on any atom is 0.317 e. The van der Waals surface area contributed by atoms with Gasteiger partial charge in [-0.25, -0.2) is 4.79 Å². The Morgan fingerprint density at radius 3 is 2.45 bits per heavy atom. The minimum atomic E-state index is -0.235. The van der Waals surface area contributed by atoms with Gasteiger partial charge in [0, 0.05) is 44.8 Å². The summed E-state index contributed by atoms with van der Waals surface area (Å²) in [6.45, 7) is 10.4. The van der Waals surface area contributed by atoms with Gasteiger partial charge in [-0.3, -0.25) is 9.69 Å². The molecule has 1 unspecified atom stereocenters. The molecule has 9 heteroatoms. The van der Waals surface area contributed by atoms with Gasteiger partial charge >= 0.3 is 6.03 Å². The van der Waals surface area contributed by atoms with Crippen molar-refractivity contribution in [3.8, 4) is 0 Å². The third-order valence-corrected chi connectivity index (χ3v) is 6.99. The number of carbonyl (C=O) groups excluding carboxylic acids is 2. The zero-order valence-electron chi connectivity index (χ0n) is 17.1. The number of benzene rings is 1. The number of amides is 3. The predicted octanol–water partition coefficient (Wildman–Crippen LogP) is 3.69. The molecule has 0 saturated carbocycles. The lowest BCUT2D eigenvalue weighted by molar-refractivity contribution is -0.128. The molecule has 1 aromatic carbocycles. The summed E-state index contributed by atoms with van der Waals surface area (Å²) in [4.78, 5) is 30.8. The molecule has 0 spiro atoms. The molecule has 29 heavy (non-hydrogen) atoms. The first-order valence-corrected chi connectivity index (χ1v) is 11.6. The molecule has 0 aromatic heterocycles. The molecule has 1 aromatic rings. The topological polar surface area (TPSA) is 55.9 Å². The van der Waals surface area contributed by atoms with E-state index in [9.17, 15) is 9.59 Å². The van der Waals surface area contributed by atoms with E-state index >= 15 is 0 Å². The highest BCUT2D eigenvalue weighted by Gasteiger charge is 2.33. The van der Waals surface area contributed by atoms with Gasteiger partial charge in [-0.15, -0.1) is 11.8 Å². The molecular formula is C20H28Cl2N4O2S. The van der Waals surface area contributed by atoms with E-state index in [1.165, 1.54) is 0 Å². The molecule has 0 aliphatic carbocycles. The van der Waals surface area contributed by atoms with Crippen LogP contribution in [-0.4, -0.2) is 77.2 Å². The monoisotopic (exact) mass is 458 g/mol. The van der Waals surface area contributed by atoms with Crippen LogP contribution in [-0.2, 0) is 4.79 Å². The Morgan fingerprint density at radius 2 is 1.83 bits per heavy atom. The summed E-state index contributed by atoms with van der Waals surface area (Å²) in [6, 6.07) is 5.55.